The van der Waals surface area contributed by atoms with E-state index >= 15 is 0 Å². The van der Waals surface area contributed by atoms with Crippen LogP contribution in [0.4, 0.5) is 0 Å². The average Bonchev–Trinajstić information content (AvgIpc) is 2.59. The lowest BCUT2D eigenvalue weighted by molar-refractivity contribution is 1.11. The van der Waals surface area contributed by atoms with E-state index < -0.39 is 0 Å². The lowest BCUT2D eigenvalue weighted by Gasteiger charge is -2.00. The fourth-order valence-corrected chi connectivity index (χ4v) is 3.54. The van der Waals surface area contributed by atoms with E-state index in [-0.39, 0.29) is 0 Å². The second-order valence-electron chi connectivity index (χ2n) is 4.06. The van der Waals surface area contributed by atoms with Gasteiger partial charge in [0.1, 0.15) is 0 Å². The van der Waals surface area contributed by atoms with Crippen LogP contribution in [0.3, 0.4) is 0 Å². The maximum Gasteiger partial charge on any atom is 0.0348 e. The molecule has 0 aliphatic carbocycles. The molecule has 0 radical (unpaired) electrons. The zero-order chi connectivity index (χ0) is 10.8. The molecule has 0 bridgehead atoms. The Morgan fingerprint density at radius 2 is 2.13 bits per heavy atom. The Morgan fingerprint density at radius 1 is 1.33 bits per heavy atom. The van der Waals surface area contributed by atoms with Gasteiger partial charge in [-0.25, -0.2) is 0 Å². The maximum absolute atomic E-state index is 2.35. The van der Waals surface area contributed by atoms with Crippen LogP contribution in [0.5, 0.6) is 0 Å². The number of thioether (sulfide) groups is 1. The first-order valence-electron chi connectivity index (χ1n) is 5.26. The van der Waals surface area contributed by atoms with E-state index in [0.717, 1.165) is 11.0 Å². The van der Waals surface area contributed by atoms with Crippen molar-refractivity contribution in [1.82, 2.24) is 0 Å². The van der Waals surface area contributed by atoms with Gasteiger partial charge in [0.15, 0.2) is 0 Å². The predicted octanol–water partition coefficient (Wildman–Crippen LogP) is 4.85. The second kappa shape index (κ2) is 4.58. The normalized spacial score (nSPS) is 11.5. The van der Waals surface area contributed by atoms with Gasteiger partial charge in [-0.15, -0.1) is 11.3 Å². The van der Waals surface area contributed by atoms with Crippen molar-refractivity contribution < 1.29 is 0 Å². The molecule has 1 aromatic carbocycles. The van der Waals surface area contributed by atoms with Gasteiger partial charge in [0.25, 0.3) is 0 Å². The van der Waals surface area contributed by atoms with Gasteiger partial charge < -0.3 is 0 Å². The summed E-state index contributed by atoms with van der Waals surface area (Å²) in [6.07, 6.45) is 0. The first kappa shape index (κ1) is 11.0. The molecule has 2 heteroatoms. The van der Waals surface area contributed by atoms with E-state index in [9.17, 15) is 0 Å². The van der Waals surface area contributed by atoms with Crippen molar-refractivity contribution in [3.05, 3.63) is 34.7 Å². The van der Waals surface area contributed by atoms with Crippen LogP contribution in [0.2, 0.25) is 0 Å². The molecule has 15 heavy (non-hydrogen) atoms. The zero-order valence-corrected chi connectivity index (χ0v) is 11.0. The lowest BCUT2D eigenvalue weighted by atomic mass is 10.1. The van der Waals surface area contributed by atoms with Crippen LogP contribution in [-0.2, 0) is 5.75 Å². The minimum Gasteiger partial charge on any atom is -0.154 e. The zero-order valence-electron chi connectivity index (χ0n) is 9.41. The van der Waals surface area contributed by atoms with E-state index in [4.69, 9.17) is 0 Å². The monoisotopic (exact) mass is 236 g/mol. The molecular formula is C13H16S2. The molecule has 0 aliphatic rings. The molecule has 1 aromatic heterocycles. The Balaban J connectivity index is 2.27. The standard InChI is InChI=1S/C13H16S2/c1-9(2)14-8-11-7-12-10(3)5-4-6-13(12)15-11/h4-7,9H,8H2,1-3H3. The van der Waals surface area contributed by atoms with Crippen molar-refractivity contribution in [1.29, 1.82) is 0 Å². The van der Waals surface area contributed by atoms with Crippen LogP contribution in [0.1, 0.15) is 24.3 Å². The molecule has 1 heterocycles. The summed E-state index contributed by atoms with van der Waals surface area (Å²) in [5.41, 5.74) is 1.39. The molecule has 2 rings (SSSR count). The van der Waals surface area contributed by atoms with Gasteiger partial charge in [-0.3, -0.25) is 0 Å². The van der Waals surface area contributed by atoms with Gasteiger partial charge in [-0.05, 0) is 35.3 Å². The summed E-state index contributed by atoms with van der Waals surface area (Å²) in [6, 6.07) is 8.91. The molecule has 0 spiro atoms. The summed E-state index contributed by atoms with van der Waals surface area (Å²) in [6.45, 7) is 6.70. The van der Waals surface area contributed by atoms with Crippen LogP contribution >= 0.6 is 23.1 Å². The van der Waals surface area contributed by atoms with Crippen LogP contribution in [0.15, 0.2) is 24.3 Å². The maximum atomic E-state index is 2.35. The van der Waals surface area contributed by atoms with E-state index in [1.807, 2.05) is 23.1 Å². The first-order chi connectivity index (χ1) is 7.16. The lowest BCUT2D eigenvalue weighted by Crippen LogP contribution is -1.85. The topological polar surface area (TPSA) is 0 Å². The van der Waals surface area contributed by atoms with Crippen LogP contribution in [0, 0.1) is 6.92 Å². The fourth-order valence-electron chi connectivity index (χ4n) is 1.58. The molecule has 0 aliphatic heterocycles. The van der Waals surface area contributed by atoms with Gasteiger partial charge >= 0.3 is 0 Å². The molecule has 80 valence electrons. The van der Waals surface area contributed by atoms with Crippen LogP contribution < -0.4 is 0 Å². The van der Waals surface area contributed by atoms with Crippen LogP contribution in [-0.4, -0.2) is 5.25 Å². The second-order valence-corrected chi connectivity index (χ2v) is 6.79. The summed E-state index contributed by atoms with van der Waals surface area (Å²) in [7, 11) is 0. The highest BCUT2D eigenvalue weighted by Crippen LogP contribution is 2.31. The fraction of sp³-hybridized carbons (Fsp3) is 0.385. The summed E-state index contributed by atoms with van der Waals surface area (Å²) >= 11 is 3.95. The van der Waals surface area contributed by atoms with Crippen molar-refractivity contribution in [3.8, 4) is 0 Å². The van der Waals surface area contributed by atoms with Gasteiger partial charge in [-0.1, -0.05) is 26.0 Å². The van der Waals surface area contributed by atoms with Gasteiger partial charge in [0, 0.05) is 15.3 Å². The molecule has 0 nitrogen and oxygen atoms in total. The summed E-state index contributed by atoms with van der Waals surface area (Å²) in [5, 5.41) is 2.15. The number of thiophene rings is 1. The third-order valence-electron chi connectivity index (χ3n) is 2.39. The third-order valence-corrected chi connectivity index (χ3v) is 4.82. The van der Waals surface area contributed by atoms with Gasteiger partial charge in [0.05, 0.1) is 0 Å². The van der Waals surface area contributed by atoms with Crippen molar-refractivity contribution in [2.24, 2.45) is 0 Å². The molecule has 0 saturated carbocycles. The molecular weight excluding hydrogens is 220 g/mol. The van der Waals surface area contributed by atoms with Gasteiger partial charge in [-0.2, -0.15) is 11.8 Å². The first-order valence-corrected chi connectivity index (χ1v) is 7.13. The Bertz CT molecular complexity index is 455. The van der Waals surface area contributed by atoms with E-state index in [0.29, 0.717) is 0 Å². The Kier molecular flexibility index (Phi) is 3.37. The van der Waals surface area contributed by atoms with E-state index in [1.165, 1.54) is 20.5 Å². The number of aryl methyl sites for hydroxylation is 1. The number of hydrogen-bond donors (Lipinski definition) is 0. The van der Waals surface area contributed by atoms with E-state index in [1.54, 1.807) is 0 Å². The highest BCUT2D eigenvalue weighted by atomic mass is 32.2. The third kappa shape index (κ3) is 2.56. The number of hydrogen-bond acceptors (Lipinski definition) is 2. The number of fused-ring (bicyclic) bond motifs is 1. The Morgan fingerprint density at radius 3 is 2.80 bits per heavy atom. The van der Waals surface area contributed by atoms with Crippen molar-refractivity contribution in [2.75, 3.05) is 0 Å². The number of rotatable bonds is 3. The highest BCUT2D eigenvalue weighted by molar-refractivity contribution is 7.99. The minimum atomic E-state index is 0.719. The largest absolute Gasteiger partial charge is 0.154 e. The molecule has 0 unspecified atom stereocenters. The van der Waals surface area contributed by atoms with E-state index in [2.05, 4.69) is 45.0 Å². The number of benzene rings is 1. The molecule has 0 amide bonds. The summed E-state index contributed by atoms with van der Waals surface area (Å²) < 4.78 is 1.43. The Hall–Kier alpha value is -0.470. The minimum absolute atomic E-state index is 0.719. The summed E-state index contributed by atoms with van der Waals surface area (Å²) in [5.74, 6) is 1.15. The smallest absolute Gasteiger partial charge is 0.0348 e. The molecule has 0 fully saturated rings. The quantitative estimate of drug-likeness (QED) is 0.734. The molecule has 0 atom stereocenters. The van der Waals surface area contributed by atoms with Gasteiger partial charge in [0.2, 0.25) is 0 Å². The average molecular weight is 236 g/mol. The van der Waals surface area contributed by atoms with Crippen molar-refractivity contribution >= 4 is 33.2 Å². The van der Waals surface area contributed by atoms with Crippen molar-refractivity contribution in [2.45, 2.75) is 31.8 Å². The van der Waals surface area contributed by atoms with Crippen molar-refractivity contribution in [3.63, 3.8) is 0 Å². The molecule has 2 aromatic rings. The Labute approximate surface area is 99.7 Å². The predicted molar refractivity (Wildman–Crippen MR) is 73.0 cm³/mol. The molecule has 0 saturated heterocycles. The highest BCUT2D eigenvalue weighted by Gasteiger charge is 2.04. The summed E-state index contributed by atoms with van der Waals surface area (Å²) in [4.78, 5) is 1.50. The van der Waals surface area contributed by atoms with Crippen LogP contribution in [0.25, 0.3) is 10.1 Å². The SMILES string of the molecule is Cc1cccc2sc(CSC(C)C)cc12. The molecule has 0 N–H and O–H groups in total.